The van der Waals surface area contributed by atoms with Gasteiger partial charge in [-0.3, -0.25) is 0 Å². The summed E-state index contributed by atoms with van der Waals surface area (Å²) in [4.78, 5) is 0. The van der Waals surface area contributed by atoms with Crippen LogP contribution in [0.2, 0.25) is 0 Å². The lowest BCUT2D eigenvalue weighted by molar-refractivity contribution is -0.137. The van der Waals surface area contributed by atoms with Crippen molar-refractivity contribution in [3.8, 4) is 5.75 Å². The van der Waals surface area contributed by atoms with E-state index >= 15 is 0 Å². The molecule has 0 saturated heterocycles. The summed E-state index contributed by atoms with van der Waals surface area (Å²) in [5.41, 5.74) is 0.928. The third kappa shape index (κ3) is 5.44. The first-order chi connectivity index (χ1) is 10.9. The Morgan fingerprint density at radius 2 is 1.70 bits per heavy atom. The van der Waals surface area contributed by atoms with E-state index in [2.05, 4.69) is 5.32 Å². The zero-order valence-electron chi connectivity index (χ0n) is 12.2. The minimum absolute atomic E-state index is 0.501. The fourth-order valence-electron chi connectivity index (χ4n) is 1.77. The van der Waals surface area contributed by atoms with Crippen molar-refractivity contribution in [2.45, 2.75) is 11.9 Å². The van der Waals surface area contributed by atoms with Gasteiger partial charge in [-0.25, -0.2) is 0 Å². The van der Waals surface area contributed by atoms with Gasteiger partial charge in [-0.2, -0.15) is 13.2 Å². The largest absolute Gasteiger partial charge is 0.497 e. The molecule has 2 aromatic rings. The lowest BCUT2D eigenvalue weighted by Crippen LogP contribution is -2.07. The molecule has 0 aliphatic carbocycles. The molecule has 0 fully saturated rings. The van der Waals surface area contributed by atoms with Gasteiger partial charge in [0.25, 0.3) is 0 Å². The average molecular weight is 357 g/mol. The summed E-state index contributed by atoms with van der Waals surface area (Å²) in [5.74, 6) is 1.44. The maximum Gasteiger partial charge on any atom is 0.416 e. The first-order valence-electron chi connectivity index (χ1n) is 6.62. The monoisotopic (exact) mass is 357 g/mol. The normalized spacial score (nSPS) is 11.1. The Hall–Kier alpha value is -1.73. The summed E-state index contributed by atoms with van der Waals surface area (Å²) in [6.45, 7) is 0. The molecule has 0 unspecified atom stereocenters. The Balaban J connectivity index is 1.86. The van der Waals surface area contributed by atoms with E-state index in [0.717, 1.165) is 23.4 Å². The van der Waals surface area contributed by atoms with Crippen molar-refractivity contribution in [3.63, 3.8) is 0 Å². The van der Waals surface area contributed by atoms with Crippen LogP contribution in [-0.4, -0.2) is 11.4 Å². The molecule has 0 amide bonds. The Bertz CT molecular complexity index is 655. The van der Waals surface area contributed by atoms with Crippen LogP contribution >= 0.6 is 24.0 Å². The van der Waals surface area contributed by atoms with Crippen LogP contribution in [0.4, 0.5) is 18.9 Å². The molecule has 7 heteroatoms. The van der Waals surface area contributed by atoms with E-state index in [-0.39, 0.29) is 0 Å². The maximum absolute atomic E-state index is 12.5. The molecule has 0 aliphatic rings. The molecule has 0 atom stereocenters. The smallest absolute Gasteiger partial charge is 0.416 e. The molecule has 0 bridgehead atoms. The number of benzene rings is 2. The second-order valence-electron chi connectivity index (χ2n) is 4.62. The van der Waals surface area contributed by atoms with E-state index in [9.17, 15) is 13.2 Å². The molecule has 2 rings (SSSR count). The van der Waals surface area contributed by atoms with Gasteiger partial charge < -0.3 is 10.1 Å². The van der Waals surface area contributed by atoms with E-state index in [4.69, 9.17) is 17.0 Å². The van der Waals surface area contributed by atoms with Crippen molar-refractivity contribution in [1.29, 1.82) is 0 Å². The molecule has 0 saturated carbocycles. The third-order valence-electron chi connectivity index (χ3n) is 2.99. The van der Waals surface area contributed by atoms with Gasteiger partial charge in [0.15, 0.2) is 0 Å². The number of thiocarbonyl (C=S) groups is 1. The van der Waals surface area contributed by atoms with Crippen molar-refractivity contribution in [2.24, 2.45) is 0 Å². The SMILES string of the molecule is COc1ccc(CSC(=S)Nc2ccc(C(F)(F)F)cc2)cc1. The summed E-state index contributed by atoms with van der Waals surface area (Å²) in [5, 5.41) is 2.92. The van der Waals surface area contributed by atoms with Gasteiger partial charge in [0.2, 0.25) is 0 Å². The van der Waals surface area contributed by atoms with Crippen LogP contribution < -0.4 is 10.1 Å². The van der Waals surface area contributed by atoms with E-state index in [1.54, 1.807) is 7.11 Å². The molecule has 23 heavy (non-hydrogen) atoms. The predicted octanol–water partition coefficient (Wildman–Crippen LogP) is 5.34. The van der Waals surface area contributed by atoms with Gasteiger partial charge >= 0.3 is 6.18 Å². The summed E-state index contributed by atoms with van der Waals surface area (Å²) in [6, 6.07) is 12.4. The number of ether oxygens (including phenoxy) is 1. The lowest BCUT2D eigenvalue weighted by atomic mass is 10.2. The zero-order chi connectivity index (χ0) is 16.9. The van der Waals surface area contributed by atoms with E-state index < -0.39 is 11.7 Å². The Labute approximate surface area is 142 Å². The summed E-state index contributed by atoms with van der Waals surface area (Å²) >= 11 is 6.60. The number of hydrogen-bond donors (Lipinski definition) is 1. The average Bonchev–Trinajstić information content (AvgIpc) is 2.53. The van der Waals surface area contributed by atoms with E-state index in [1.165, 1.54) is 23.9 Å². The number of rotatable bonds is 4. The Morgan fingerprint density at radius 3 is 2.22 bits per heavy atom. The van der Waals surface area contributed by atoms with Crippen LogP contribution in [0.25, 0.3) is 0 Å². The van der Waals surface area contributed by atoms with Gasteiger partial charge in [0, 0.05) is 11.4 Å². The number of nitrogens with one attached hydrogen (secondary N) is 1. The van der Waals surface area contributed by atoms with Crippen LogP contribution in [0.15, 0.2) is 48.5 Å². The van der Waals surface area contributed by atoms with Gasteiger partial charge in [0.1, 0.15) is 10.1 Å². The molecule has 0 heterocycles. The van der Waals surface area contributed by atoms with Crippen LogP contribution in [0.3, 0.4) is 0 Å². The van der Waals surface area contributed by atoms with Gasteiger partial charge in [0.05, 0.1) is 12.7 Å². The first-order valence-corrected chi connectivity index (χ1v) is 8.02. The minimum Gasteiger partial charge on any atom is -0.497 e. The highest BCUT2D eigenvalue weighted by molar-refractivity contribution is 8.22. The van der Waals surface area contributed by atoms with Crippen LogP contribution in [0.1, 0.15) is 11.1 Å². The molecule has 122 valence electrons. The quantitative estimate of drug-likeness (QED) is 0.745. The number of hydrogen-bond acceptors (Lipinski definition) is 3. The zero-order valence-corrected chi connectivity index (χ0v) is 13.8. The van der Waals surface area contributed by atoms with Crippen LogP contribution in [0.5, 0.6) is 5.75 Å². The van der Waals surface area contributed by atoms with Crippen LogP contribution in [0, 0.1) is 0 Å². The van der Waals surface area contributed by atoms with Crippen molar-refractivity contribution in [2.75, 3.05) is 12.4 Å². The third-order valence-corrected chi connectivity index (χ3v) is 4.29. The van der Waals surface area contributed by atoms with Gasteiger partial charge in [-0.1, -0.05) is 36.1 Å². The molecular formula is C16H14F3NOS2. The topological polar surface area (TPSA) is 21.3 Å². The van der Waals surface area contributed by atoms with Gasteiger partial charge in [-0.05, 0) is 42.0 Å². The van der Waals surface area contributed by atoms with Crippen molar-refractivity contribution in [1.82, 2.24) is 0 Å². The van der Waals surface area contributed by atoms with Crippen molar-refractivity contribution in [3.05, 3.63) is 59.7 Å². The molecule has 0 aromatic heterocycles. The number of methoxy groups -OCH3 is 1. The standard InChI is InChI=1S/C16H14F3NOS2/c1-21-14-8-2-11(3-9-14)10-23-15(22)20-13-6-4-12(5-7-13)16(17,18)19/h2-9H,10H2,1H3,(H,20,22). The molecule has 0 aliphatic heterocycles. The molecule has 1 N–H and O–H groups in total. The highest BCUT2D eigenvalue weighted by Gasteiger charge is 2.29. The number of thioether (sulfide) groups is 1. The Morgan fingerprint density at radius 1 is 1.09 bits per heavy atom. The summed E-state index contributed by atoms with van der Waals surface area (Å²) < 4.78 is 43.0. The second kappa shape index (κ2) is 7.70. The molecule has 0 spiro atoms. The number of alkyl halides is 3. The molecule has 0 radical (unpaired) electrons. The second-order valence-corrected chi connectivity index (χ2v) is 6.28. The van der Waals surface area contributed by atoms with Crippen LogP contribution in [-0.2, 0) is 11.9 Å². The molecule has 2 aromatic carbocycles. The molecular weight excluding hydrogens is 343 g/mol. The Kier molecular flexibility index (Phi) is 5.90. The number of halogens is 3. The van der Waals surface area contributed by atoms with Gasteiger partial charge in [-0.15, -0.1) is 0 Å². The lowest BCUT2D eigenvalue weighted by Gasteiger charge is -2.10. The fourth-order valence-corrected chi connectivity index (χ4v) is 2.74. The number of anilines is 1. The maximum atomic E-state index is 12.5. The van der Waals surface area contributed by atoms with E-state index in [1.807, 2.05) is 24.3 Å². The van der Waals surface area contributed by atoms with Crippen molar-refractivity contribution >= 4 is 34.0 Å². The van der Waals surface area contributed by atoms with E-state index in [0.29, 0.717) is 15.8 Å². The highest BCUT2D eigenvalue weighted by Crippen LogP contribution is 2.30. The summed E-state index contributed by atoms with van der Waals surface area (Å²) in [7, 11) is 1.60. The predicted molar refractivity (Wildman–Crippen MR) is 92.0 cm³/mol. The fraction of sp³-hybridized carbons (Fsp3) is 0.188. The first kappa shape index (κ1) is 17.6. The minimum atomic E-state index is -4.33. The van der Waals surface area contributed by atoms with Crippen molar-refractivity contribution < 1.29 is 17.9 Å². The highest BCUT2D eigenvalue weighted by atomic mass is 32.2. The summed E-state index contributed by atoms with van der Waals surface area (Å²) in [6.07, 6.45) is -4.33. The molecule has 2 nitrogen and oxygen atoms in total.